The average molecular weight is 443 g/mol. The van der Waals surface area contributed by atoms with Crippen molar-refractivity contribution in [3.63, 3.8) is 0 Å². The van der Waals surface area contributed by atoms with Crippen LogP contribution in [0.3, 0.4) is 0 Å². The molecule has 0 spiro atoms. The molecule has 1 saturated heterocycles. The van der Waals surface area contributed by atoms with Crippen molar-refractivity contribution in [3.8, 4) is 0 Å². The molecule has 156 valence electrons. The highest BCUT2D eigenvalue weighted by molar-refractivity contribution is 8.23. The Morgan fingerprint density at radius 2 is 1.93 bits per heavy atom. The van der Waals surface area contributed by atoms with E-state index >= 15 is 0 Å². The van der Waals surface area contributed by atoms with Gasteiger partial charge >= 0.3 is 0 Å². The van der Waals surface area contributed by atoms with Gasteiger partial charge in [-0.2, -0.15) is 0 Å². The summed E-state index contributed by atoms with van der Waals surface area (Å²) in [6, 6.07) is 12.1. The number of nitrogens with zero attached hydrogens (tertiary/aromatic N) is 2. The Balaban J connectivity index is 1.36. The lowest BCUT2D eigenvalue weighted by molar-refractivity contribution is -0.113. The van der Waals surface area contributed by atoms with Crippen molar-refractivity contribution >= 4 is 45.8 Å². The molecule has 3 heterocycles. The normalized spacial score (nSPS) is 19.7. The van der Waals surface area contributed by atoms with E-state index in [2.05, 4.69) is 10.2 Å². The molecule has 9 heteroatoms. The highest BCUT2D eigenvalue weighted by Gasteiger charge is 2.35. The molecule has 1 aromatic carbocycles. The number of nitrogens with two attached hydrogens (primary N) is 1. The molecular formula is C21H22N4O3S2. The molecule has 2 aliphatic heterocycles. The van der Waals surface area contributed by atoms with E-state index in [0.717, 1.165) is 25.2 Å². The van der Waals surface area contributed by atoms with Crippen LogP contribution in [0.4, 0.5) is 5.69 Å². The summed E-state index contributed by atoms with van der Waals surface area (Å²) in [5.74, 6) is -0.0563. The van der Waals surface area contributed by atoms with Crippen LogP contribution in [0.5, 0.6) is 0 Å². The van der Waals surface area contributed by atoms with E-state index in [1.807, 2.05) is 16.7 Å². The van der Waals surface area contributed by atoms with Gasteiger partial charge in [-0.15, -0.1) is 0 Å². The second kappa shape index (κ2) is 8.61. The van der Waals surface area contributed by atoms with E-state index in [-0.39, 0.29) is 28.7 Å². The molecule has 0 aliphatic carbocycles. The molecule has 3 N–H and O–H groups in total. The molecule has 1 fully saturated rings. The predicted molar refractivity (Wildman–Crippen MR) is 122 cm³/mol. The van der Waals surface area contributed by atoms with Crippen LogP contribution in [-0.2, 0) is 11.3 Å². The van der Waals surface area contributed by atoms with Gasteiger partial charge in [0.1, 0.15) is 4.32 Å². The molecule has 30 heavy (non-hydrogen) atoms. The minimum absolute atomic E-state index is 0.0560. The van der Waals surface area contributed by atoms with Crippen molar-refractivity contribution in [2.45, 2.75) is 18.9 Å². The minimum atomic E-state index is -0.590. The first-order valence-corrected chi connectivity index (χ1v) is 11.1. The number of carbonyl (C=O) groups is 2. The topological polar surface area (TPSA) is 97.4 Å². The first-order chi connectivity index (χ1) is 14.4. The first-order valence-electron chi connectivity index (χ1n) is 9.72. The Morgan fingerprint density at radius 3 is 2.73 bits per heavy atom. The zero-order chi connectivity index (χ0) is 21.3. The fraction of sp³-hybridized carbons (Fsp3) is 0.333. The van der Waals surface area contributed by atoms with E-state index in [4.69, 9.17) is 18.0 Å². The standard InChI is InChI=1S/C21H22N4O3S2/c22-20(28)15-4-1-2-5-16(15)23-18(26)12-30-21(29)24-9-13-8-14(11-24)17-6-3-7-19(27)25(17)10-13/h1-7,13-14H,8-12H2,(H2,22,28)(H,23,26)/t13-,14-/m0/s1. The van der Waals surface area contributed by atoms with Crippen LogP contribution in [-0.4, -0.2) is 44.4 Å². The summed E-state index contributed by atoms with van der Waals surface area (Å²) >= 11 is 6.90. The van der Waals surface area contributed by atoms with Crippen LogP contribution in [0.1, 0.15) is 28.4 Å². The summed E-state index contributed by atoms with van der Waals surface area (Å²) in [5, 5.41) is 2.73. The van der Waals surface area contributed by atoms with Crippen molar-refractivity contribution in [2.24, 2.45) is 11.7 Å². The van der Waals surface area contributed by atoms with Crippen LogP contribution < -0.4 is 16.6 Å². The van der Waals surface area contributed by atoms with Crippen molar-refractivity contribution < 1.29 is 9.59 Å². The molecule has 2 amide bonds. The second-order valence-corrected chi connectivity index (χ2v) is 9.22. The number of para-hydroxylation sites is 1. The van der Waals surface area contributed by atoms with Crippen molar-refractivity contribution in [3.05, 3.63) is 64.1 Å². The molecule has 2 atom stereocenters. The third-order valence-corrected chi connectivity index (χ3v) is 7.05. The number of pyridine rings is 1. The Morgan fingerprint density at radius 1 is 1.13 bits per heavy atom. The molecule has 4 rings (SSSR count). The Hall–Kier alpha value is -2.65. The number of fused-ring (bicyclic) bond motifs is 4. The molecule has 0 radical (unpaired) electrons. The number of rotatable bonds is 4. The number of nitrogens with one attached hydrogen (secondary N) is 1. The van der Waals surface area contributed by atoms with E-state index in [0.29, 0.717) is 22.5 Å². The first kappa shape index (κ1) is 20.6. The van der Waals surface area contributed by atoms with E-state index in [1.165, 1.54) is 11.8 Å². The number of carbonyl (C=O) groups excluding carboxylic acids is 2. The number of likely N-dealkylation sites (tertiary alicyclic amines) is 1. The average Bonchev–Trinajstić information content (AvgIpc) is 2.73. The third kappa shape index (κ3) is 4.27. The number of thiocarbonyl (C=S) groups is 1. The number of piperidine rings is 1. The maximum Gasteiger partial charge on any atom is 0.250 e. The summed E-state index contributed by atoms with van der Waals surface area (Å²) in [7, 11) is 0. The maximum atomic E-state index is 12.4. The number of anilines is 1. The lowest BCUT2D eigenvalue weighted by atomic mass is 9.83. The molecule has 2 aromatic rings. The van der Waals surface area contributed by atoms with E-state index in [1.54, 1.807) is 30.3 Å². The lowest BCUT2D eigenvalue weighted by Crippen LogP contribution is -2.48. The van der Waals surface area contributed by atoms with Crippen molar-refractivity contribution in [2.75, 3.05) is 24.2 Å². The van der Waals surface area contributed by atoms with Gasteiger partial charge in [-0.25, -0.2) is 0 Å². The lowest BCUT2D eigenvalue weighted by Gasteiger charge is -2.43. The SMILES string of the molecule is NC(=O)c1ccccc1NC(=O)CSC(=S)N1C[C@@H]2C[C@@H](C1)c1cccc(=O)n1C2. The number of primary amides is 1. The van der Waals surface area contributed by atoms with Crippen LogP contribution in [0.2, 0.25) is 0 Å². The summed E-state index contributed by atoms with van der Waals surface area (Å²) in [6.45, 7) is 2.24. The number of aromatic nitrogens is 1. The molecule has 7 nitrogen and oxygen atoms in total. The van der Waals surface area contributed by atoms with Gasteiger partial charge in [-0.05, 0) is 30.5 Å². The third-order valence-electron chi connectivity index (χ3n) is 5.53. The van der Waals surface area contributed by atoms with E-state index in [9.17, 15) is 14.4 Å². The fourth-order valence-corrected chi connectivity index (χ4v) is 5.24. The largest absolute Gasteiger partial charge is 0.366 e. The number of hydrogen-bond acceptors (Lipinski definition) is 5. The number of hydrogen-bond donors (Lipinski definition) is 2. The Bertz CT molecular complexity index is 1070. The summed E-state index contributed by atoms with van der Waals surface area (Å²) in [6.07, 6.45) is 1.05. The van der Waals surface area contributed by atoms with Gasteiger partial charge in [0, 0.05) is 37.3 Å². The van der Waals surface area contributed by atoms with Crippen LogP contribution in [0.15, 0.2) is 47.3 Å². The molecule has 0 saturated carbocycles. The smallest absolute Gasteiger partial charge is 0.250 e. The van der Waals surface area contributed by atoms with Crippen molar-refractivity contribution in [1.82, 2.24) is 9.47 Å². The van der Waals surface area contributed by atoms with Gasteiger partial charge in [0.2, 0.25) is 5.91 Å². The number of benzene rings is 1. The summed E-state index contributed by atoms with van der Waals surface area (Å²) < 4.78 is 2.56. The highest BCUT2D eigenvalue weighted by atomic mass is 32.2. The van der Waals surface area contributed by atoms with Crippen LogP contribution in [0.25, 0.3) is 0 Å². The van der Waals surface area contributed by atoms with Crippen LogP contribution in [0, 0.1) is 5.92 Å². The number of thioether (sulfide) groups is 1. The van der Waals surface area contributed by atoms with Crippen molar-refractivity contribution in [1.29, 1.82) is 0 Å². The Labute approximate surface area is 183 Å². The molecule has 1 aromatic heterocycles. The Kier molecular flexibility index (Phi) is 5.92. The zero-order valence-corrected chi connectivity index (χ0v) is 17.9. The monoisotopic (exact) mass is 442 g/mol. The summed E-state index contributed by atoms with van der Waals surface area (Å²) in [5.41, 5.74) is 7.15. The highest BCUT2D eigenvalue weighted by Crippen LogP contribution is 2.36. The van der Waals surface area contributed by atoms with Gasteiger partial charge in [0.05, 0.1) is 17.0 Å². The molecule has 2 aliphatic rings. The second-order valence-electron chi connectivity index (χ2n) is 7.62. The van der Waals surface area contributed by atoms with Gasteiger partial charge in [0.25, 0.3) is 11.5 Å². The molecule has 0 unspecified atom stereocenters. The predicted octanol–water partition coefficient (Wildman–Crippen LogP) is 2.02. The minimum Gasteiger partial charge on any atom is -0.366 e. The molecule has 2 bridgehead atoms. The number of amides is 2. The van der Waals surface area contributed by atoms with Crippen LogP contribution >= 0.6 is 24.0 Å². The van der Waals surface area contributed by atoms with Gasteiger partial charge in [-0.3, -0.25) is 14.4 Å². The fourth-order valence-electron chi connectivity index (χ4n) is 4.26. The summed E-state index contributed by atoms with van der Waals surface area (Å²) in [4.78, 5) is 38.2. The van der Waals surface area contributed by atoms with Gasteiger partial charge in [-0.1, -0.05) is 42.2 Å². The quantitative estimate of drug-likeness (QED) is 0.703. The van der Waals surface area contributed by atoms with Gasteiger partial charge in [0.15, 0.2) is 0 Å². The van der Waals surface area contributed by atoms with Gasteiger partial charge < -0.3 is 20.5 Å². The maximum absolute atomic E-state index is 12.4. The van der Waals surface area contributed by atoms with E-state index < -0.39 is 5.91 Å². The zero-order valence-electron chi connectivity index (χ0n) is 16.2. The molecular weight excluding hydrogens is 420 g/mol.